The van der Waals surface area contributed by atoms with Crippen molar-refractivity contribution in [1.82, 2.24) is 0 Å². The Kier molecular flexibility index (Phi) is 6.19. The predicted molar refractivity (Wildman–Crippen MR) is 85.5 cm³/mol. The monoisotopic (exact) mass is 330 g/mol. The number of methoxy groups -OCH3 is 2. The van der Waals surface area contributed by atoms with Gasteiger partial charge in [0.15, 0.2) is 0 Å². The summed E-state index contributed by atoms with van der Waals surface area (Å²) >= 11 is 0. The highest BCUT2D eigenvalue weighted by molar-refractivity contribution is 5.79. The molecule has 0 bridgehead atoms. The van der Waals surface area contributed by atoms with Crippen molar-refractivity contribution in [1.29, 1.82) is 0 Å². The molecule has 2 aromatic carbocycles. The number of benzene rings is 2. The molecule has 1 unspecified atom stereocenters. The van der Waals surface area contributed by atoms with Gasteiger partial charge in [-0.05, 0) is 17.7 Å². The smallest absolute Gasteiger partial charge is 0.497 e. The summed E-state index contributed by atoms with van der Waals surface area (Å²) in [6.45, 7) is 0.0194. The van der Waals surface area contributed by atoms with Gasteiger partial charge in [0.1, 0.15) is 12.4 Å². The van der Waals surface area contributed by atoms with E-state index >= 15 is 0 Å². The van der Waals surface area contributed by atoms with Gasteiger partial charge in [0.05, 0.1) is 14.2 Å². The minimum Gasteiger partial charge on any atom is -0.497 e. The van der Waals surface area contributed by atoms with Crippen LogP contribution in [-0.2, 0) is 25.6 Å². The van der Waals surface area contributed by atoms with Gasteiger partial charge >= 0.3 is 12.1 Å². The largest absolute Gasteiger partial charge is 0.509 e. The third-order valence-corrected chi connectivity index (χ3v) is 3.25. The first-order chi connectivity index (χ1) is 11.6. The van der Waals surface area contributed by atoms with Crippen LogP contribution >= 0.6 is 0 Å². The van der Waals surface area contributed by atoms with E-state index in [1.54, 1.807) is 61.7 Å². The van der Waals surface area contributed by atoms with Crippen molar-refractivity contribution >= 4 is 12.1 Å². The molecule has 0 radical (unpaired) electrons. The average Bonchev–Trinajstić information content (AvgIpc) is 2.65. The minimum absolute atomic E-state index is 0.0194. The van der Waals surface area contributed by atoms with Crippen LogP contribution < -0.4 is 4.74 Å². The molecule has 0 aliphatic heterocycles. The fourth-order valence-corrected chi connectivity index (χ4v) is 1.98. The zero-order valence-electron chi connectivity index (χ0n) is 13.4. The molecule has 0 aromatic heterocycles. The highest BCUT2D eigenvalue weighted by Gasteiger charge is 2.26. The lowest BCUT2D eigenvalue weighted by molar-refractivity contribution is -0.152. The van der Waals surface area contributed by atoms with Crippen molar-refractivity contribution < 1.29 is 28.5 Å². The van der Waals surface area contributed by atoms with Crippen molar-refractivity contribution in [3.8, 4) is 5.75 Å². The topological polar surface area (TPSA) is 71.1 Å². The summed E-state index contributed by atoms with van der Waals surface area (Å²) in [6, 6.07) is 15.6. The highest BCUT2D eigenvalue weighted by Crippen LogP contribution is 2.20. The molecule has 0 amide bonds. The molecule has 2 rings (SSSR count). The first kappa shape index (κ1) is 17.3. The number of hydrogen-bond donors (Lipinski definition) is 0. The van der Waals surface area contributed by atoms with E-state index in [1.807, 2.05) is 0 Å². The first-order valence-corrected chi connectivity index (χ1v) is 7.23. The molecule has 126 valence electrons. The number of esters is 1. The summed E-state index contributed by atoms with van der Waals surface area (Å²) in [6.07, 6.45) is -2.12. The Labute approximate surface area is 139 Å². The highest BCUT2D eigenvalue weighted by atomic mass is 16.7. The van der Waals surface area contributed by atoms with Crippen LogP contribution in [0.5, 0.6) is 5.75 Å². The Bertz CT molecular complexity index is 666. The molecule has 1 atom stereocenters. The van der Waals surface area contributed by atoms with Gasteiger partial charge in [0.2, 0.25) is 6.10 Å². The van der Waals surface area contributed by atoms with Gasteiger partial charge in [-0.2, -0.15) is 0 Å². The van der Waals surface area contributed by atoms with E-state index in [-0.39, 0.29) is 6.61 Å². The number of carbonyl (C=O) groups is 2. The maximum Gasteiger partial charge on any atom is 0.509 e. The quantitative estimate of drug-likeness (QED) is 0.757. The second-order valence-electron chi connectivity index (χ2n) is 4.82. The Morgan fingerprint density at radius 2 is 1.62 bits per heavy atom. The van der Waals surface area contributed by atoms with E-state index in [0.717, 1.165) is 5.56 Å². The summed E-state index contributed by atoms with van der Waals surface area (Å²) in [7, 11) is 2.80. The van der Waals surface area contributed by atoms with Crippen molar-refractivity contribution in [2.75, 3.05) is 14.2 Å². The molecule has 0 N–H and O–H groups in total. The Morgan fingerprint density at radius 3 is 2.21 bits per heavy atom. The first-order valence-electron chi connectivity index (χ1n) is 7.23. The van der Waals surface area contributed by atoms with Crippen LogP contribution in [0.4, 0.5) is 4.79 Å². The molecule has 0 fully saturated rings. The van der Waals surface area contributed by atoms with Gasteiger partial charge in [0, 0.05) is 5.56 Å². The second-order valence-corrected chi connectivity index (χ2v) is 4.82. The summed E-state index contributed by atoms with van der Waals surface area (Å²) in [5, 5.41) is 0. The molecule has 0 aliphatic carbocycles. The lowest BCUT2D eigenvalue weighted by Gasteiger charge is -2.15. The van der Waals surface area contributed by atoms with E-state index in [4.69, 9.17) is 14.2 Å². The molecule has 2 aromatic rings. The second kappa shape index (κ2) is 8.57. The lowest BCUT2D eigenvalue weighted by atomic mass is 10.1. The van der Waals surface area contributed by atoms with Crippen LogP contribution in [-0.4, -0.2) is 26.3 Å². The van der Waals surface area contributed by atoms with E-state index in [2.05, 4.69) is 4.74 Å². The summed E-state index contributed by atoms with van der Waals surface area (Å²) in [5.41, 5.74) is 1.27. The van der Waals surface area contributed by atoms with Gasteiger partial charge in [-0.15, -0.1) is 0 Å². The van der Waals surface area contributed by atoms with Crippen LogP contribution in [0.3, 0.4) is 0 Å². The standard InChI is InChI=1S/C18H18O6/c1-21-15-10-8-13(9-11-15)12-23-18(20)24-16(17(19)22-2)14-6-4-3-5-7-14/h3-11,16H,12H2,1-2H3. The van der Waals surface area contributed by atoms with E-state index in [0.29, 0.717) is 11.3 Å². The van der Waals surface area contributed by atoms with Crippen molar-refractivity contribution in [3.05, 3.63) is 65.7 Å². The molecule has 6 nitrogen and oxygen atoms in total. The van der Waals surface area contributed by atoms with E-state index in [1.165, 1.54) is 7.11 Å². The lowest BCUT2D eigenvalue weighted by Crippen LogP contribution is -2.21. The van der Waals surface area contributed by atoms with Gasteiger partial charge in [-0.3, -0.25) is 0 Å². The molecule has 0 saturated heterocycles. The Balaban J connectivity index is 1.96. The normalized spacial score (nSPS) is 11.2. The summed E-state index contributed by atoms with van der Waals surface area (Å²) in [4.78, 5) is 23.7. The number of hydrogen-bond acceptors (Lipinski definition) is 6. The maximum atomic E-state index is 11.9. The zero-order chi connectivity index (χ0) is 17.4. The number of ether oxygens (including phenoxy) is 4. The van der Waals surface area contributed by atoms with Crippen LogP contribution in [0.1, 0.15) is 17.2 Å². The SMILES string of the molecule is COC(=O)C(OC(=O)OCc1ccc(OC)cc1)c1ccccc1. The third-order valence-electron chi connectivity index (χ3n) is 3.25. The summed E-state index contributed by atoms with van der Waals surface area (Å²) < 4.78 is 19.9. The van der Waals surface area contributed by atoms with Crippen LogP contribution in [0.2, 0.25) is 0 Å². The molecule has 6 heteroatoms. The molecule has 24 heavy (non-hydrogen) atoms. The van der Waals surface area contributed by atoms with Crippen LogP contribution in [0.25, 0.3) is 0 Å². The molecular weight excluding hydrogens is 312 g/mol. The van der Waals surface area contributed by atoms with Gasteiger partial charge < -0.3 is 18.9 Å². The predicted octanol–water partition coefficient (Wildman–Crippen LogP) is 3.26. The number of carbonyl (C=O) groups excluding carboxylic acids is 2. The Hall–Kier alpha value is -3.02. The average molecular weight is 330 g/mol. The maximum absolute atomic E-state index is 11.9. The third kappa shape index (κ3) is 4.74. The van der Waals surface area contributed by atoms with Crippen molar-refractivity contribution in [3.63, 3.8) is 0 Å². The fraction of sp³-hybridized carbons (Fsp3) is 0.222. The van der Waals surface area contributed by atoms with Gasteiger partial charge in [0.25, 0.3) is 0 Å². The van der Waals surface area contributed by atoms with Crippen molar-refractivity contribution in [2.24, 2.45) is 0 Å². The fourth-order valence-electron chi connectivity index (χ4n) is 1.98. The minimum atomic E-state index is -1.17. The van der Waals surface area contributed by atoms with E-state index in [9.17, 15) is 9.59 Å². The van der Waals surface area contributed by atoms with Crippen molar-refractivity contribution in [2.45, 2.75) is 12.7 Å². The molecule has 0 heterocycles. The molecular formula is C18H18O6. The van der Waals surface area contributed by atoms with Gasteiger partial charge in [-0.25, -0.2) is 9.59 Å². The van der Waals surface area contributed by atoms with Crippen LogP contribution in [0, 0.1) is 0 Å². The number of rotatable bonds is 6. The molecule has 0 saturated carbocycles. The Morgan fingerprint density at radius 1 is 0.958 bits per heavy atom. The zero-order valence-corrected chi connectivity index (χ0v) is 13.4. The van der Waals surface area contributed by atoms with Gasteiger partial charge in [-0.1, -0.05) is 42.5 Å². The van der Waals surface area contributed by atoms with E-state index < -0.39 is 18.2 Å². The molecule has 0 spiro atoms. The van der Waals surface area contributed by atoms with Crippen LogP contribution in [0.15, 0.2) is 54.6 Å². The molecule has 0 aliphatic rings. The summed E-state index contributed by atoms with van der Waals surface area (Å²) in [5.74, 6) is 0.0266.